The molecular formula is C9H18Cl3NO4. The Labute approximate surface area is 117 Å². The number of amides is 1. The largest absolute Gasteiger partial charge is 0.385 e. The summed E-state index contributed by atoms with van der Waals surface area (Å²) in [6.07, 6.45) is 0. The lowest BCUT2D eigenvalue weighted by molar-refractivity contribution is -0.165. The first-order valence-electron chi connectivity index (χ1n) is 4.50. The highest BCUT2D eigenvalue weighted by atomic mass is 35.5. The van der Waals surface area contributed by atoms with Gasteiger partial charge in [0.2, 0.25) is 5.24 Å². The van der Waals surface area contributed by atoms with Crippen molar-refractivity contribution < 1.29 is 19.2 Å². The SMILES string of the molecule is CCOC.CON(C)C(=O)CCl.O=C(Cl)CCl. The Bertz CT molecular complexity index is 191. The first kappa shape index (κ1) is 22.1. The number of carbonyl (C=O) groups is 2. The van der Waals surface area contributed by atoms with E-state index in [1.807, 2.05) is 6.92 Å². The van der Waals surface area contributed by atoms with Crippen molar-refractivity contribution in [1.82, 2.24) is 5.06 Å². The van der Waals surface area contributed by atoms with Gasteiger partial charge in [0.1, 0.15) is 5.88 Å². The molecule has 0 N–H and O–H groups in total. The van der Waals surface area contributed by atoms with Crippen molar-refractivity contribution in [3.8, 4) is 0 Å². The molecule has 0 heterocycles. The fourth-order valence-corrected chi connectivity index (χ4v) is 0.354. The van der Waals surface area contributed by atoms with Crippen LogP contribution in [-0.4, -0.2) is 55.8 Å². The molecule has 0 saturated heterocycles. The number of ether oxygens (including phenoxy) is 1. The number of nitrogens with zero attached hydrogens (tertiary/aromatic N) is 1. The number of halogens is 3. The van der Waals surface area contributed by atoms with E-state index in [0.29, 0.717) is 0 Å². The summed E-state index contributed by atoms with van der Waals surface area (Å²) in [5.41, 5.74) is 0. The second-order valence-corrected chi connectivity index (χ2v) is 3.23. The van der Waals surface area contributed by atoms with E-state index >= 15 is 0 Å². The van der Waals surface area contributed by atoms with Gasteiger partial charge in [-0.25, -0.2) is 5.06 Å². The maximum absolute atomic E-state index is 10.4. The number of hydroxylamine groups is 2. The number of alkyl halides is 2. The maximum atomic E-state index is 10.4. The van der Waals surface area contributed by atoms with E-state index in [4.69, 9.17) is 34.8 Å². The molecular weight excluding hydrogens is 292 g/mol. The van der Waals surface area contributed by atoms with Crippen LogP contribution in [-0.2, 0) is 19.2 Å². The molecule has 17 heavy (non-hydrogen) atoms. The Balaban J connectivity index is -0.000000188. The van der Waals surface area contributed by atoms with Gasteiger partial charge in [0.05, 0.1) is 13.0 Å². The number of hydrogen-bond donors (Lipinski definition) is 0. The molecule has 104 valence electrons. The first-order chi connectivity index (χ1) is 7.90. The van der Waals surface area contributed by atoms with Crippen LogP contribution >= 0.6 is 34.8 Å². The molecule has 0 saturated carbocycles. The second kappa shape index (κ2) is 18.3. The van der Waals surface area contributed by atoms with Gasteiger partial charge in [0.25, 0.3) is 5.91 Å². The van der Waals surface area contributed by atoms with Crippen molar-refractivity contribution >= 4 is 46.0 Å². The van der Waals surface area contributed by atoms with Crippen LogP contribution in [0.25, 0.3) is 0 Å². The molecule has 0 aromatic rings. The number of hydrogen-bond acceptors (Lipinski definition) is 4. The zero-order chi connectivity index (χ0) is 14.3. The van der Waals surface area contributed by atoms with Gasteiger partial charge in [-0.05, 0) is 18.5 Å². The summed E-state index contributed by atoms with van der Waals surface area (Å²) in [5, 5.41) is 0.569. The molecule has 8 heteroatoms. The Kier molecular flexibility index (Phi) is 23.8. The minimum atomic E-state index is -0.508. The van der Waals surface area contributed by atoms with Crippen LogP contribution in [0.5, 0.6) is 0 Å². The van der Waals surface area contributed by atoms with E-state index in [1.54, 1.807) is 7.11 Å². The predicted molar refractivity (Wildman–Crippen MR) is 69.6 cm³/mol. The van der Waals surface area contributed by atoms with Crippen LogP contribution in [0.4, 0.5) is 0 Å². The Morgan fingerprint density at radius 1 is 1.18 bits per heavy atom. The van der Waals surface area contributed by atoms with Crippen molar-refractivity contribution in [1.29, 1.82) is 0 Å². The zero-order valence-electron chi connectivity index (χ0n) is 10.3. The average Bonchev–Trinajstić information content (AvgIpc) is 2.37. The van der Waals surface area contributed by atoms with E-state index in [-0.39, 0.29) is 17.7 Å². The highest BCUT2D eigenvalue weighted by Gasteiger charge is 2.02. The standard InChI is InChI=1S/C4H8ClNO2.C3H8O.C2H2Cl2O/c1-6(8-2)4(7)3-5;1-3-4-2;3-1-2(4)5/h3H2,1-2H3;3H2,1-2H3;1H2. The van der Waals surface area contributed by atoms with Gasteiger partial charge in [-0.3, -0.25) is 14.4 Å². The van der Waals surface area contributed by atoms with Gasteiger partial charge in [0.15, 0.2) is 0 Å². The van der Waals surface area contributed by atoms with Crippen LogP contribution in [0.3, 0.4) is 0 Å². The van der Waals surface area contributed by atoms with Gasteiger partial charge >= 0.3 is 0 Å². The molecule has 5 nitrogen and oxygen atoms in total. The third-order valence-electron chi connectivity index (χ3n) is 1.13. The fraction of sp³-hybridized carbons (Fsp3) is 0.778. The summed E-state index contributed by atoms with van der Waals surface area (Å²) in [4.78, 5) is 24.4. The summed E-state index contributed by atoms with van der Waals surface area (Å²) in [6, 6.07) is 0. The molecule has 1 amide bonds. The summed E-state index contributed by atoms with van der Waals surface area (Å²) in [6.45, 7) is 2.78. The zero-order valence-corrected chi connectivity index (χ0v) is 12.6. The third kappa shape index (κ3) is 25.9. The molecule has 0 unspecified atom stereocenters. The molecule has 0 radical (unpaired) electrons. The molecule has 0 atom stereocenters. The van der Waals surface area contributed by atoms with Gasteiger partial charge in [-0.1, -0.05) is 0 Å². The van der Waals surface area contributed by atoms with E-state index in [2.05, 4.69) is 9.57 Å². The molecule has 0 aromatic heterocycles. The lowest BCUT2D eigenvalue weighted by Gasteiger charge is -2.10. The average molecular weight is 311 g/mol. The van der Waals surface area contributed by atoms with Crippen molar-refractivity contribution in [3.05, 3.63) is 0 Å². The van der Waals surface area contributed by atoms with Crippen molar-refractivity contribution in [3.63, 3.8) is 0 Å². The van der Waals surface area contributed by atoms with Crippen LogP contribution in [0.2, 0.25) is 0 Å². The molecule has 0 bridgehead atoms. The topological polar surface area (TPSA) is 55.8 Å². The first-order valence-corrected chi connectivity index (χ1v) is 5.95. The third-order valence-corrected chi connectivity index (χ3v) is 1.87. The minimum Gasteiger partial charge on any atom is -0.385 e. The number of rotatable bonds is 4. The molecule has 0 aromatic carbocycles. The molecule has 0 aliphatic heterocycles. The van der Waals surface area contributed by atoms with Crippen molar-refractivity contribution in [2.45, 2.75) is 6.92 Å². The lowest BCUT2D eigenvalue weighted by Crippen LogP contribution is -2.26. The fourth-order valence-electron chi connectivity index (χ4n) is 0.186. The summed E-state index contributed by atoms with van der Waals surface area (Å²) < 4.78 is 4.54. The monoisotopic (exact) mass is 309 g/mol. The van der Waals surface area contributed by atoms with E-state index < -0.39 is 5.24 Å². The number of carbonyl (C=O) groups excluding carboxylic acids is 2. The number of methoxy groups -OCH3 is 1. The van der Waals surface area contributed by atoms with Crippen molar-refractivity contribution in [2.75, 3.05) is 39.6 Å². The molecule has 0 spiro atoms. The van der Waals surface area contributed by atoms with E-state index in [1.165, 1.54) is 14.2 Å². The highest BCUT2D eigenvalue weighted by Crippen LogP contribution is 1.85. The summed E-state index contributed by atoms with van der Waals surface area (Å²) >= 11 is 14.7. The quantitative estimate of drug-likeness (QED) is 0.452. The van der Waals surface area contributed by atoms with E-state index in [0.717, 1.165) is 11.7 Å². The van der Waals surface area contributed by atoms with Crippen LogP contribution < -0.4 is 0 Å². The minimum absolute atomic E-state index is 0.0374. The van der Waals surface area contributed by atoms with Crippen LogP contribution in [0.15, 0.2) is 0 Å². The second-order valence-electron chi connectivity index (χ2n) is 2.27. The van der Waals surface area contributed by atoms with Gasteiger partial charge in [-0.15, -0.1) is 23.2 Å². The summed E-state index contributed by atoms with van der Waals surface area (Å²) in [5.74, 6) is -0.375. The molecule has 0 aliphatic carbocycles. The Hall–Kier alpha value is -0.0700. The smallest absolute Gasteiger partial charge is 0.260 e. The highest BCUT2D eigenvalue weighted by molar-refractivity contribution is 6.67. The van der Waals surface area contributed by atoms with E-state index in [9.17, 15) is 9.59 Å². The maximum Gasteiger partial charge on any atom is 0.260 e. The molecule has 0 aliphatic rings. The van der Waals surface area contributed by atoms with Crippen LogP contribution in [0.1, 0.15) is 6.92 Å². The Morgan fingerprint density at radius 3 is 1.59 bits per heavy atom. The predicted octanol–water partition coefficient (Wildman–Crippen LogP) is 1.89. The van der Waals surface area contributed by atoms with Gasteiger partial charge in [-0.2, -0.15) is 0 Å². The van der Waals surface area contributed by atoms with Crippen LogP contribution in [0, 0.1) is 0 Å². The van der Waals surface area contributed by atoms with Gasteiger partial charge < -0.3 is 4.74 Å². The lowest BCUT2D eigenvalue weighted by atomic mass is 10.7. The van der Waals surface area contributed by atoms with Crippen molar-refractivity contribution in [2.24, 2.45) is 0 Å². The summed E-state index contributed by atoms with van der Waals surface area (Å²) in [7, 11) is 4.59. The Morgan fingerprint density at radius 2 is 1.53 bits per heavy atom. The normalized spacial score (nSPS) is 8.18. The molecule has 0 rings (SSSR count). The molecule has 0 fully saturated rings. The van der Waals surface area contributed by atoms with Gasteiger partial charge in [0, 0.05) is 20.8 Å².